The van der Waals surface area contributed by atoms with Gasteiger partial charge >= 0.3 is 0 Å². The Kier molecular flexibility index (Phi) is 2.88. The summed E-state index contributed by atoms with van der Waals surface area (Å²) in [6.45, 7) is 1.95. The van der Waals surface area contributed by atoms with Crippen molar-refractivity contribution in [1.82, 2.24) is 14.5 Å². The second kappa shape index (κ2) is 4.53. The van der Waals surface area contributed by atoms with Crippen molar-refractivity contribution in [2.24, 2.45) is 5.73 Å². The third-order valence-corrected chi connectivity index (χ3v) is 3.55. The molecule has 2 aromatic heterocycles. The number of aryl methyl sites for hydroxylation is 1. The van der Waals surface area contributed by atoms with Gasteiger partial charge in [-0.3, -0.25) is 4.98 Å². The smallest absolute Gasteiger partial charge is 0.0998 e. The van der Waals surface area contributed by atoms with Crippen LogP contribution >= 0.6 is 0 Å². The Bertz CT molecular complexity index is 539. The fourth-order valence-corrected chi connectivity index (χ4v) is 2.50. The Morgan fingerprint density at radius 1 is 1.22 bits per heavy atom. The van der Waals surface area contributed by atoms with E-state index in [1.165, 1.54) is 24.2 Å². The first-order chi connectivity index (χ1) is 8.75. The van der Waals surface area contributed by atoms with Gasteiger partial charge < -0.3 is 10.3 Å². The van der Waals surface area contributed by atoms with Crippen molar-refractivity contribution in [1.29, 1.82) is 0 Å². The minimum absolute atomic E-state index is 0.0178. The number of hydrogen-bond donors (Lipinski definition) is 1. The maximum Gasteiger partial charge on any atom is 0.0998 e. The van der Waals surface area contributed by atoms with E-state index in [9.17, 15) is 0 Å². The van der Waals surface area contributed by atoms with Crippen molar-refractivity contribution in [3.8, 4) is 5.69 Å². The molecule has 1 atom stereocenters. The van der Waals surface area contributed by atoms with Gasteiger partial charge in [-0.25, -0.2) is 4.98 Å². The standard InChI is InChI=1S/C14H18N4/c1-10(15)12-7-6-11(8-16-12)18-9-17-13-4-2-3-5-14(13)18/h6-10H,2-5,15H2,1H3/t10-/m1/s1. The van der Waals surface area contributed by atoms with Crippen LogP contribution in [0.1, 0.15) is 42.9 Å². The third-order valence-electron chi connectivity index (χ3n) is 3.55. The van der Waals surface area contributed by atoms with Crippen molar-refractivity contribution >= 4 is 0 Å². The van der Waals surface area contributed by atoms with Crippen molar-refractivity contribution in [3.63, 3.8) is 0 Å². The molecule has 4 nitrogen and oxygen atoms in total. The number of pyridine rings is 1. The first kappa shape index (κ1) is 11.4. The van der Waals surface area contributed by atoms with Crippen LogP contribution in [0.4, 0.5) is 0 Å². The maximum atomic E-state index is 5.81. The second-order valence-corrected chi connectivity index (χ2v) is 4.95. The fourth-order valence-electron chi connectivity index (χ4n) is 2.50. The molecule has 0 bridgehead atoms. The molecular weight excluding hydrogens is 224 g/mol. The first-order valence-electron chi connectivity index (χ1n) is 6.52. The fraction of sp³-hybridized carbons (Fsp3) is 0.429. The topological polar surface area (TPSA) is 56.7 Å². The largest absolute Gasteiger partial charge is 0.323 e. The Balaban J connectivity index is 1.97. The van der Waals surface area contributed by atoms with E-state index in [0.717, 1.165) is 24.2 Å². The van der Waals surface area contributed by atoms with E-state index in [-0.39, 0.29) is 6.04 Å². The van der Waals surface area contributed by atoms with Crippen LogP contribution < -0.4 is 5.73 Å². The van der Waals surface area contributed by atoms with E-state index in [4.69, 9.17) is 5.73 Å². The van der Waals surface area contributed by atoms with Crippen molar-refractivity contribution in [2.75, 3.05) is 0 Å². The summed E-state index contributed by atoms with van der Waals surface area (Å²) in [6, 6.07) is 4.05. The van der Waals surface area contributed by atoms with Gasteiger partial charge in [0.05, 0.1) is 29.6 Å². The van der Waals surface area contributed by atoms with Gasteiger partial charge in [-0.15, -0.1) is 0 Å². The van der Waals surface area contributed by atoms with Gasteiger partial charge in [-0.05, 0) is 44.7 Å². The molecule has 0 aromatic carbocycles. The van der Waals surface area contributed by atoms with Crippen LogP contribution in [0.25, 0.3) is 5.69 Å². The van der Waals surface area contributed by atoms with Gasteiger partial charge in [0.2, 0.25) is 0 Å². The van der Waals surface area contributed by atoms with Gasteiger partial charge in [0.15, 0.2) is 0 Å². The molecule has 94 valence electrons. The molecule has 2 aromatic rings. The highest BCUT2D eigenvalue weighted by Crippen LogP contribution is 2.23. The average Bonchev–Trinajstić information content (AvgIpc) is 2.82. The minimum Gasteiger partial charge on any atom is -0.323 e. The molecule has 0 amide bonds. The zero-order chi connectivity index (χ0) is 12.5. The van der Waals surface area contributed by atoms with Crippen LogP contribution in [0.3, 0.4) is 0 Å². The molecule has 1 aliphatic rings. The molecule has 2 heterocycles. The van der Waals surface area contributed by atoms with Gasteiger partial charge in [0.1, 0.15) is 0 Å². The number of aromatic nitrogens is 3. The van der Waals surface area contributed by atoms with Crippen molar-refractivity contribution < 1.29 is 0 Å². The molecule has 0 unspecified atom stereocenters. The molecule has 0 radical (unpaired) electrons. The van der Waals surface area contributed by atoms with E-state index in [2.05, 4.69) is 20.6 Å². The van der Waals surface area contributed by atoms with Crippen LogP contribution in [-0.4, -0.2) is 14.5 Å². The average molecular weight is 242 g/mol. The quantitative estimate of drug-likeness (QED) is 0.878. The first-order valence-corrected chi connectivity index (χ1v) is 6.52. The maximum absolute atomic E-state index is 5.81. The van der Waals surface area contributed by atoms with Crippen molar-refractivity contribution in [2.45, 2.75) is 38.6 Å². The highest BCUT2D eigenvalue weighted by atomic mass is 15.1. The molecule has 0 saturated carbocycles. The minimum atomic E-state index is -0.0178. The van der Waals surface area contributed by atoms with E-state index in [1.54, 1.807) is 0 Å². The summed E-state index contributed by atoms with van der Waals surface area (Å²) in [5.41, 5.74) is 10.4. The van der Waals surface area contributed by atoms with Crippen LogP contribution in [-0.2, 0) is 12.8 Å². The number of rotatable bonds is 2. The molecule has 4 heteroatoms. The number of fused-ring (bicyclic) bond motifs is 1. The summed E-state index contributed by atoms with van der Waals surface area (Å²) < 4.78 is 2.16. The summed E-state index contributed by atoms with van der Waals surface area (Å²) in [4.78, 5) is 8.91. The lowest BCUT2D eigenvalue weighted by atomic mass is 10.0. The van der Waals surface area contributed by atoms with E-state index >= 15 is 0 Å². The highest BCUT2D eigenvalue weighted by Gasteiger charge is 2.16. The summed E-state index contributed by atoms with van der Waals surface area (Å²) >= 11 is 0. The lowest BCUT2D eigenvalue weighted by molar-refractivity contribution is 0.655. The van der Waals surface area contributed by atoms with E-state index < -0.39 is 0 Å². The third kappa shape index (κ3) is 1.93. The Morgan fingerprint density at radius 3 is 2.78 bits per heavy atom. The Labute approximate surface area is 107 Å². The predicted octanol–water partition coefficient (Wildman–Crippen LogP) is 2.17. The summed E-state index contributed by atoms with van der Waals surface area (Å²) in [7, 11) is 0. The van der Waals surface area contributed by atoms with Crippen LogP contribution in [0.15, 0.2) is 24.7 Å². The second-order valence-electron chi connectivity index (χ2n) is 4.95. The molecule has 0 fully saturated rings. The highest BCUT2D eigenvalue weighted by molar-refractivity contribution is 5.35. The normalized spacial score (nSPS) is 16.3. The van der Waals surface area contributed by atoms with Gasteiger partial charge in [-0.1, -0.05) is 0 Å². The lowest BCUT2D eigenvalue weighted by Crippen LogP contribution is -2.09. The molecule has 0 spiro atoms. The summed E-state index contributed by atoms with van der Waals surface area (Å²) in [5, 5.41) is 0. The van der Waals surface area contributed by atoms with Crippen LogP contribution in [0, 0.1) is 0 Å². The predicted molar refractivity (Wildman–Crippen MR) is 70.6 cm³/mol. The van der Waals surface area contributed by atoms with Gasteiger partial charge in [0.25, 0.3) is 0 Å². The molecule has 1 aliphatic carbocycles. The zero-order valence-corrected chi connectivity index (χ0v) is 10.6. The Hall–Kier alpha value is -1.68. The molecule has 18 heavy (non-hydrogen) atoms. The van der Waals surface area contributed by atoms with Crippen LogP contribution in [0.2, 0.25) is 0 Å². The molecule has 0 aliphatic heterocycles. The van der Waals surface area contributed by atoms with Crippen molar-refractivity contribution in [3.05, 3.63) is 41.7 Å². The summed E-state index contributed by atoms with van der Waals surface area (Å²) in [6.07, 6.45) is 8.53. The summed E-state index contributed by atoms with van der Waals surface area (Å²) in [5.74, 6) is 0. The zero-order valence-electron chi connectivity index (χ0n) is 10.6. The van der Waals surface area contributed by atoms with E-state index in [1.807, 2.05) is 25.5 Å². The number of nitrogens with zero attached hydrogens (tertiary/aromatic N) is 3. The van der Waals surface area contributed by atoms with Gasteiger partial charge in [-0.2, -0.15) is 0 Å². The molecule has 3 rings (SSSR count). The monoisotopic (exact) mass is 242 g/mol. The lowest BCUT2D eigenvalue weighted by Gasteiger charge is -2.14. The number of imidazole rings is 1. The molecule has 0 saturated heterocycles. The van der Waals surface area contributed by atoms with Gasteiger partial charge in [0, 0.05) is 11.7 Å². The van der Waals surface area contributed by atoms with E-state index in [0.29, 0.717) is 0 Å². The Morgan fingerprint density at radius 2 is 2.06 bits per heavy atom. The number of nitrogens with two attached hydrogens (primary N) is 1. The molecule has 2 N–H and O–H groups in total. The van der Waals surface area contributed by atoms with Crippen LogP contribution in [0.5, 0.6) is 0 Å². The molecular formula is C14H18N4. The number of hydrogen-bond acceptors (Lipinski definition) is 3. The SMILES string of the molecule is C[C@@H](N)c1ccc(-n2cnc3c2CCCC3)cn1.